The van der Waals surface area contributed by atoms with Crippen LogP contribution in [0.3, 0.4) is 0 Å². The number of hydrogen-bond acceptors (Lipinski definition) is 4. The monoisotopic (exact) mass is 336 g/mol. The molecule has 1 unspecified atom stereocenters. The second-order valence-corrected chi connectivity index (χ2v) is 5.70. The molecule has 0 amide bonds. The topological polar surface area (TPSA) is 35.5 Å². The van der Waals surface area contributed by atoms with Crippen molar-refractivity contribution in [3.05, 3.63) is 10.9 Å². The smallest absolute Gasteiger partial charge is 0.351 e. The van der Waals surface area contributed by atoms with Gasteiger partial charge in [0, 0.05) is 4.62 Å². The zero-order chi connectivity index (χ0) is 17.3. The van der Waals surface area contributed by atoms with Gasteiger partial charge < -0.3 is 9.47 Å². The lowest BCUT2D eigenvalue weighted by Gasteiger charge is -1.98. The maximum absolute atomic E-state index is 11.2. The molecule has 126 valence electrons. The first-order chi connectivity index (χ1) is 10.1. The molecule has 0 aliphatic carbocycles. The Morgan fingerprint density at radius 3 is 1.90 bits per heavy atom. The van der Waals surface area contributed by atoms with Gasteiger partial charge in [-0.05, 0) is 12.7 Å². The average Bonchev–Trinajstić information content (AvgIpc) is 3.01. The van der Waals surface area contributed by atoms with Crippen LogP contribution in [0.15, 0.2) is 6.07 Å². The summed E-state index contributed by atoms with van der Waals surface area (Å²) in [6.45, 7) is 14.4. The summed E-state index contributed by atoms with van der Waals surface area (Å²) in [7, 11) is 3.60. The molecule has 3 nitrogen and oxygen atoms in total. The lowest BCUT2D eigenvalue weighted by Crippen LogP contribution is -1.99. The molecule has 0 bridgehead atoms. The van der Waals surface area contributed by atoms with Crippen molar-refractivity contribution in [2.75, 3.05) is 20.9 Å². The van der Waals surface area contributed by atoms with Crippen LogP contribution in [-0.2, 0) is 4.74 Å². The molecule has 5 heteroatoms. The Morgan fingerprint density at radius 1 is 1.14 bits per heavy atom. The minimum Gasteiger partial charge on any atom is -0.495 e. The molecule has 1 rings (SSSR count). The molecule has 0 N–H and O–H groups in total. The second-order valence-electron chi connectivity index (χ2n) is 3.25. The van der Waals surface area contributed by atoms with E-state index in [1.807, 2.05) is 33.8 Å². The first kappa shape index (κ1) is 25.4. The fourth-order valence-electron chi connectivity index (χ4n) is 0.884. The van der Waals surface area contributed by atoms with Crippen LogP contribution in [0.5, 0.6) is 5.75 Å². The van der Waals surface area contributed by atoms with E-state index in [0.717, 1.165) is 4.62 Å². The maximum atomic E-state index is 11.2. The normalized spacial score (nSPS) is 8.62. The molecule has 21 heavy (non-hydrogen) atoms. The Balaban J connectivity index is -0.000000343. The molecule has 0 fully saturated rings. The van der Waals surface area contributed by atoms with E-state index < -0.39 is 0 Å². The molecule has 0 aliphatic heterocycles. The molecule has 0 saturated carbocycles. The molecule has 0 aromatic carbocycles. The van der Waals surface area contributed by atoms with Gasteiger partial charge >= 0.3 is 5.97 Å². The molecule has 0 aliphatic rings. The Morgan fingerprint density at radius 2 is 1.62 bits per heavy atom. The summed E-state index contributed by atoms with van der Waals surface area (Å²) in [6.07, 6.45) is 2.64. The fourth-order valence-corrected chi connectivity index (χ4v) is 2.67. The summed E-state index contributed by atoms with van der Waals surface area (Å²) in [5, 5.41) is 0. The van der Waals surface area contributed by atoms with Crippen molar-refractivity contribution in [3.8, 4) is 5.75 Å². The van der Waals surface area contributed by atoms with Crippen molar-refractivity contribution >= 4 is 30.5 Å². The number of esters is 1. The highest BCUT2D eigenvalue weighted by Gasteiger charge is 2.16. The highest BCUT2D eigenvalue weighted by molar-refractivity contribution is 7.56. The van der Waals surface area contributed by atoms with Gasteiger partial charge in [0.2, 0.25) is 0 Å². The predicted octanol–water partition coefficient (Wildman–Crippen LogP) is 5.34. The summed E-state index contributed by atoms with van der Waals surface area (Å²) in [5.41, 5.74) is 0. The predicted molar refractivity (Wildman–Crippen MR) is 99.4 cm³/mol. The fraction of sp³-hybridized carbons (Fsp3) is 0.688. The average molecular weight is 336 g/mol. The molecule has 0 spiro atoms. The molecule has 1 aromatic heterocycles. The van der Waals surface area contributed by atoms with Crippen molar-refractivity contribution in [2.45, 2.75) is 54.4 Å². The van der Waals surface area contributed by atoms with E-state index in [1.54, 1.807) is 7.11 Å². The zero-order valence-electron chi connectivity index (χ0n) is 15.1. The van der Waals surface area contributed by atoms with Gasteiger partial charge in [-0.15, -0.1) is 11.3 Å². The number of thiophene rings is 1. The van der Waals surface area contributed by atoms with E-state index in [4.69, 9.17) is 4.74 Å². The molecule has 0 saturated heterocycles. The van der Waals surface area contributed by atoms with Gasteiger partial charge in [0.15, 0.2) is 4.88 Å². The molecule has 1 heterocycles. The first-order valence-electron chi connectivity index (χ1n) is 7.58. The van der Waals surface area contributed by atoms with Crippen molar-refractivity contribution in [3.63, 3.8) is 0 Å². The number of carbonyl (C=O) groups excluding carboxylic acids is 1. The van der Waals surface area contributed by atoms with Crippen LogP contribution < -0.4 is 9.36 Å². The number of hydrogen-bond donors (Lipinski definition) is 0. The van der Waals surface area contributed by atoms with Crippen molar-refractivity contribution in [1.29, 1.82) is 0 Å². The third kappa shape index (κ3) is 11.7. The van der Waals surface area contributed by atoms with Crippen LogP contribution in [0.1, 0.15) is 64.1 Å². The minimum absolute atomic E-state index is 0.327. The molecular formula is C16H33O3PS. The summed E-state index contributed by atoms with van der Waals surface area (Å²) in [5.74, 6) is 0.285. The summed E-state index contributed by atoms with van der Waals surface area (Å²) < 4.78 is 10.8. The van der Waals surface area contributed by atoms with Crippen LogP contribution in [0.2, 0.25) is 0 Å². The van der Waals surface area contributed by atoms with Gasteiger partial charge in [0.05, 0.1) is 14.2 Å². The van der Waals surface area contributed by atoms with Gasteiger partial charge in [-0.2, -0.15) is 0 Å². The van der Waals surface area contributed by atoms with Crippen LogP contribution in [0, 0.1) is 0 Å². The second kappa shape index (κ2) is 19.4. The molecule has 1 atom stereocenters. The third-order valence-electron chi connectivity index (χ3n) is 2.04. The first-order valence-corrected chi connectivity index (χ1v) is 9.90. The Labute approximate surface area is 137 Å². The number of ether oxygens (including phenoxy) is 2. The van der Waals surface area contributed by atoms with Gasteiger partial charge in [-0.1, -0.05) is 63.0 Å². The Kier molecular flexibility index (Phi) is 23.4. The van der Waals surface area contributed by atoms with Gasteiger partial charge in [-0.3, -0.25) is 0 Å². The van der Waals surface area contributed by atoms with Gasteiger partial charge in [0.25, 0.3) is 0 Å². The van der Waals surface area contributed by atoms with Crippen molar-refractivity contribution in [2.24, 2.45) is 0 Å². The number of rotatable bonds is 4. The lowest BCUT2D eigenvalue weighted by atomic mass is 10.4. The van der Waals surface area contributed by atoms with Crippen LogP contribution in [-0.4, -0.2) is 26.9 Å². The Hall–Kier alpha value is -0.600. The maximum Gasteiger partial charge on any atom is 0.351 e. The van der Waals surface area contributed by atoms with Gasteiger partial charge in [0.1, 0.15) is 5.75 Å². The van der Waals surface area contributed by atoms with E-state index in [2.05, 4.69) is 25.2 Å². The van der Waals surface area contributed by atoms with E-state index in [9.17, 15) is 4.79 Å². The van der Waals surface area contributed by atoms with Crippen LogP contribution in [0.25, 0.3) is 0 Å². The van der Waals surface area contributed by atoms with Gasteiger partial charge in [-0.25, -0.2) is 4.79 Å². The number of unbranched alkanes of at least 4 members (excludes halogenated alkanes) is 1. The standard InChI is InChI=1S/C8H11O3PS.C4H10.2C2H6/c1-10-5-4-6(12-3)13-7(5)8(9)11-2;1-3-4-2;2*1-2/h4,12H,1-3H3;3-4H2,1-2H3;2*1-2H3. The SMILES string of the molecule is CC.CC.CCCC.COC(=O)c1sc(PC)cc1OC. The highest BCUT2D eigenvalue weighted by Crippen LogP contribution is 2.27. The highest BCUT2D eigenvalue weighted by atomic mass is 32.1. The summed E-state index contributed by atoms with van der Waals surface area (Å²) >= 11 is 1.43. The molecule has 1 aromatic rings. The quantitative estimate of drug-likeness (QED) is 0.550. The van der Waals surface area contributed by atoms with E-state index in [-0.39, 0.29) is 5.97 Å². The minimum atomic E-state index is -0.327. The largest absolute Gasteiger partial charge is 0.495 e. The van der Waals surface area contributed by atoms with E-state index in [0.29, 0.717) is 19.2 Å². The summed E-state index contributed by atoms with van der Waals surface area (Å²) in [4.78, 5) is 11.8. The number of carbonyl (C=O) groups is 1. The molecular weight excluding hydrogens is 303 g/mol. The third-order valence-corrected chi connectivity index (χ3v) is 4.50. The van der Waals surface area contributed by atoms with E-state index >= 15 is 0 Å². The Bertz CT molecular complexity index is 336. The van der Waals surface area contributed by atoms with Crippen LogP contribution in [0.4, 0.5) is 0 Å². The summed E-state index contributed by atoms with van der Waals surface area (Å²) in [6, 6.07) is 1.88. The van der Waals surface area contributed by atoms with Crippen LogP contribution >= 0.6 is 19.9 Å². The van der Waals surface area contributed by atoms with Crippen molar-refractivity contribution in [1.82, 2.24) is 0 Å². The molecule has 0 radical (unpaired) electrons. The lowest BCUT2D eigenvalue weighted by molar-refractivity contribution is 0.0603. The number of methoxy groups -OCH3 is 2. The zero-order valence-corrected chi connectivity index (χ0v) is 16.9. The van der Waals surface area contributed by atoms with Crippen molar-refractivity contribution < 1.29 is 14.3 Å². The van der Waals surface area contributed by atoms with E-state index in [1.165, 1.54) is 31.3 Å².